The first-order valence-electron chi connectivity index (χ1n) is 3.66. The molecule has 1 rings (SSSR count). The SMILES string of the molecule is CNS(=O)(=O)c1cc(C)cc(Br)c1. The monoisotopic (exact) mass is 263 g/mol. The maximum absolute atomic E-state index is 11.4. The number of rotatable bonds is 2. The molecule has 0 unspecified atom stereocenters. The van der Waals surface area contributed by atoms with Crippen molar-refractivity contribution >= 4 is 26.0 Å². The summed E-state index contributed by atoms with van der Waals surface area (Å²) in [5, 5.41) is 0. The molecule has 1 aromatic rings. The largest absolute Gasteiger partial charge is 0.240 e. The summed E-state index contributed by atoms with van der Waals surface area (Å²) in [5.74, 6) is 0. The van der Waals surface area contributed by atoms with Gasteiger partial charge in [-0.2, -0.15) is 0 Å². The number of benzene rings is 1. The van der Waals surface area contributed by atoms with Crippen LogP contribution in [0.4, 0.5) is 0 Å². The third-order valence-electron chi connectivity index (χ3n) is 1.59. The molecule has 0 aromatic heterocycles. The van der Waals surface area contributed by atoms with E-state index in [2.05, 4.69) is 20.7 Å². The molecule has 0 bridgehead atoms. The molecule has 5 heteroatoms. The fourth-order valence-electron chi connectivity index (χ4n) is 0.976. The van der Waals surface area contributed by atoms with Crippen LogP contribution in [0, 0.1) is 6.92 Å². The van der Waals surface area contributed by atoms with Crippen molar-refractivity contribution < 1.29 is 8.42 Å². The summed E-state index contributed by atoms with van der Waals surface area (Å²) in [6.45, 7) is 1.85. The third-order valence-corrected chi connectivity index (χ3v) is 3.45. The van der Waals surface area contributed by atoms with Crippen LogP contribution in [0.2, 0.25) is 0 Å². The Morgan fingerprint density at radius 3 is 2.38 bits per heavy atom. The standard InChI is InChI=1S/C8H10BrNO2S/c1-6-3-7(9)5-8(4-6)13(11,12)10-2/h3-5,10H,1-2H3. The topological polar surface area (TPSA) is 46.2 Å². The van der Waals surface area contributed by atoms with E-state index in [9.17, 15) is 8.42 Å². The lowest BCUT2D eigenvalue weighted by Gasteiger charge is -2.03. The van der Waals surface area contributed by atoms with Gasteiger partial charge in [-0.1, -0.05) is 15.9 Å². The molecule has 0 spiro atoms. The maximum atomic E-state index is 11.4. The Balaban J connectivity index is 3.32. The summed E-state index contributed by atoms with van der Waals surface area (Å²) in [6.07, 6.45) is 0. The number of nitrogens with one attached hydrogen (secondary N) is 1. The summed E-state index contributed by atoms with van der Waals surface area (Å²) >= 11 is 3.24. The fraction of sp³-hybridized carbons (Fsp3) is 0.250. The predicted molar refractivity (Wildman–Crippen MR) is 55.1 cm³/mol. The Labute approximate surface area is 86.3 Å². The Kier molecular flexibility index (Phi) is 3.10. The van der Waals surface area contributed by atoms with E-state index < -0.39 is 10.0 Å². The Morgan fingerprint density at radius 1 is 1.31 bits per heavy atom. The van der Waals surface area contributed by atoms with Crippen LogP contribution in [0.25, 0.3) is 0 Å². The molecule has 13 heavy (non-hydrogen) atoms. The van der Waals surface area contributed by atoms with Crippen LogP contribution in [0.5, 0.6) is 0 Å². The van der Waals surface area contributed by atoms with Crippen molar-refractivity contribution in [2.24, 2.45) is 0 Å². The second kappa shape index (κ2) is 3.77. The number of hydrogen-bond acceptors (Lipinski definition) is 2. The number of hydrogen-bond donors (Lipinski definition) is 1. The molecule has 0 aliphatic carbocycles. The van der Waals surface area contributed by atoms with Gasteiger partial charge in [0, 0.05) is 4.47 Å². The van der Waals surface area contributed by atoms with Crippen molar-refractivity contribution in [3.63, 3.8) is 0 Å². The van der Waals surface area contributed by atoms with Gasteiger partial charge in [0.25, 0.3) is 0 Å². The van der Waals surface area contributed by atoms with Crippen molar-refractivity contribution in [1.29, 1.82) is 0 Å². The van der Waals surface area contributed by atoms with Crippen LogP contribution < -0.4 is 4.72 Å². The second-order valence-electron chi connectivity index (χ2n) is 2.67. The highest BCUT2D eigenvalue weighted by molar-refractivity contribution is 9.10. The van der Waals surface area contributed by atoms with Gasteiger partial charge in [0.2, 0.25) is 10.0 Å². The fourth-order valence-corrected chi connectivity index (χ4v) is 2.59. The van der Waals surface area contributed by atoms with Gasteiger partial charge in [-0.3, -0.25) is 0 Å². The van der Waals surface area contributed by atoms with E-state index in [0.29, 0.717) is 0 Å². The van der Waals surface area contributed by atoms with Gasteiger partial charge >= 0.3 is 0 Å². The highest BCUT2D eigenvalue weighted by Gasteiger charge is 2.11. The zero-order valence-electron chi connectivity index (χ0n) is 7.33. The van der Waals surface area contributed by atoms with Crippen molar-refractivity contribution in [1.82, 2.24) is 4.72 Å². The Hall–Kier alpha value is -0.390. The van der Waals surface area contributed by atoms with E-state index in [1.54, 1.807) is 12.1 Å². The molecular formula is C8H10BrNO2S. The highest BCUT2D eigenvalue weighted by Crippen LogP contribution is 2.18. The summed E-state index contributed by atoms with van der Waals surface area (Å²) in [6, 6.07) is 5.05. The molecule has 0 aliphatic heterocycles. The van der Waals surface area contributed by atoms with E-state index in [1.807, 2.05) is 13.0 Å². The Morgan fingerprint density at radius 2 is 1.92 bits per heavy atom. The van der Waals surface area contributed by atoms with Crippen LogP contribution in [0.1, 0.15) is 5.56 Å². The van der Waals surface area contributed by atoms with Gasteiger partial charge in [-0.25, -0.2) is 13.1 Å². The van der Waals surface area contributed by atoms with Crippen molar-refractivity contribution in [2.45, 2.75) is 11.8 Å². The molecule has 0 fully saturated rings. The number of sulfonamides is 1. The van der Waals surface area contributed by atoms with Crippen LogP contribution in [-0.4, -0.2) is 15.5 Å². The van der Waals surface area contributed by atoms with E-state index in [-0.39, 0.29) is 4.90 Å². The van der Waals surface area contributed by atoms with E-state index in [1.165, 1.54) is 7.05 Å². The van der Waals surface area contributed by atoms with Crippen molar-refractivity contribution in [3.05, 3.63) is 28.2 Å². The van der Waals surface area contributed by atoms with Crippen LogP contribution in [0.3, 0.4) is 0 Å². The summed E-state index contributed by atoms with van der Waals surface area (Å²) in [7, 11) is -1.93. The minimum absolute atomic E-state index is 0.280. The maximum Gasteiger partial charge on any atom is 0.240 e. The van der Waals surface area contributed by atoms with Crippen molar-refractivity contribution in [2.75, 3.05) is 7.05 Å². The van der Waals surface area contributed by atoms with Gasteiger partial charge in [0.05, 0.1) is 4.90 Å². The number of halogens is 1. The molecule has 0 radical (unpaired) electrons. The van der Waals surface area contributed by atoms with Gasteiger partial charge < -0.3 is 0 Å². The van der Waals surface area contributed by atoms with Gasteiger partial charge in [-0.15, -0.1) is 0 Å². The summed E-state index contributed by atoms with van der Waals surface area (Å²) < 4.78 is 25.8. The second-order valence-corrected chi connectivity index (χ2v) is 5.47. The van der Waals surface area contributed by atoms with Crippen LogP contribution in [0.15, 0.2) is 27.6 Å². The molecule has 0 heterocycles. The van der Waals surface area contributed by atoms with Gasteiger partial charge in [0.1, 0.15) is 0 Å². The van der Waals surface area contributed by atoms with Crippen molar-refractivity contribution in [3.8, 4) is 0 Å². The lowest BCUT2D eigenvalue weighted by molar-refractivity contribution is 0.588. The Bertz CT molecular complexity index is 394. The van der Waals surface area contributed by atoms with E-state index in [0.717, 1.165) is 10.0 Å². The average Bonchev–Trinajstić information content (AvgIpc) is 2.02. The first-order valence-corrected chi connectivity index (χ1v) is 5.94. The van der Waals surface area contributed by atoms with Gasteiger partial charge in [-0.05, 0) is 37.7 Å². The summed E-state index contributed by atoms with van der Waals surface area (Å²) in [5.41, 5.74) is 0.906. The molecule has 3 nitrogen and oxygen atoms in total. The molecule has 1 N–H and O–H groups in total. The average molecular weight is 264 g/mol. The molecule has 1 aromatic carbocycles. The lowest BCUT2D eigenvalue weighted by atomic mass is 10.2. The minimum Gasteiger partial charge on any atom is -0.214 e. The zero-order valence-corrected chi connectivity index (χ0v) is 9.74. The van der Waals surface area contributed by atoms with E-state index in [4.69, 9.17) is 0 Å². The first kappa shape index (κ1) is 10.7. The molecule has 0 saturated carbocycles. The predicted octanol–water partition coefficient (Wildman–Crippen LogP) is 1.67. The first-order chi connectivity index (χ1) is 5.95. The molecule has 0 atom stereocenters. The summed E-state index contributed by atoms with van der Waals surface area (Å²) in [4.78, 5) is 0.280. The van der Waals surface area contributed by atoms with Gasteiger partial charge in [0.15, 0.2) is 0 Å². The number of aryl methyl sites for hydroxylation is 1. The molecule has 0 aliphatic rings. The van der Waals surface area contributed by atoms with Crippen LogP contribution in [-0.2, 0) is 10.0 Å². The van der Waals surface area contributed by atoms with Crippen LogP contribution >= 0.6 is 15.9 Å². The third kappa shape index (κ3) is 2.52. The van der Waals surface area contributed by atoms with E-state index >= 15 is 0 Å². The quantitative estimate of drug-likeness (QED) is 0.883. The zero-order chi connectivity index (χ0) is 10.1. The molecular weight excluding hydrogens is 254 g/mol. The smallest absolute Gasteiger partial charge is 0.214 e. The molecule has 72 valence electrons. The lowest BCUT2D eigenvalue weighted by Crippen LogP contribution is -2.18. The molecule has 0 saturated heterocycles. The normalized spacial score (nSPS) is 11.6. The highest BCUT2D eigenvalue weighted by atomic mass is 79.9. The minimum atomic E-state index is -3.32. The molecule has 0 amide bonds.